The minimum atomic E-state index is -0.155. The molecule has 0 bridgehead atoms. The van der Waals surface area contributed by atoms with Gasteiger partial charge in [0.2, 0.25) is 5.91 Å². The zero-order valence-corrected chi connectivity index (χ0v) is 8.93. The lowest BCUT2D eigenvalue weighted by Gasteiger charge is -2.03. The van der Waals surface area contributed by atoms with Gasteiger partial charge in [0.05, 0.1) is 10.7 Å². The van der Waals surface area contributed by atoms with Crippen molar-refractivity contribution in [1.82, 2.24) is 0 Å². The van der Waals surface area contributed by atoms with Gasteiger partial charge in [-0.05, 0) is 26.0 Å². The van der Waals surface area contributed by atoms with Crippen LogP contribution in [0.5, 0.6) is 0 Å². The van der Waals surface area contributed by atoms with Crippen LogP contribution >= 0.6 is 11.6 Å². The summed E-state index contributed by atoms with van der Waals surface area (Å²) in [5.74, 6) is -0.155. The van der Waals surface area contributed by atoms with Gasteiger partial charge in [-0.1, -0.05) is 29.3 Å². The van der Waals surface area contributed by atoms with Gasteiger partial charge < -0.3 is 5.32 Å². The highest BCUT2D eigenvalue weighted by molar-refractivity contribution is 6.33. The number of hydrogen-bond donors (Lipinski definition) is 1. The minimum Gasteiger partial charge on any atom is -0.321 e. The zero-order valence-electron chi connectivity index (χ0n) is 8.17. The highest BCUT2D eigenvalue weighted by Crippen LogP contribution is 2.20. The number of carbonyl (C=O) groups is 1. The maximum Gasteiger partial charge on any atom is 0.248 e. The molecule has 0 fully saturated rings. The number of amides is 1. The Balaban J connectivity index is 2.75. The quantitative estimate of drug-likeness (QED) is 0.745. The second-order valence-electron chi connectivity index (χ2n) is 3.19. The summed E-state index contributed by atoms with van der Waals surface area (Å²) in [5.41, 5.74) is 1.59. The fourth-order valence-corrected chi connectivity index (χ4v) is 1.18. The summed E-state index contributed by atoms with van der Waals surface area (Å²) in [6.07, 6.45) is 1.53. The van der Waals surface area contributed by atoms with E-state index in [1.807, 2.05) is 26.0 Å². The summed E-state index contributed by atoms with van der Waals surface area (Å²) >= 11 is 5.87. The van der Waals surface area contributed by atoms with Crippen molar-refractivity contribution in [2.45, 2.75) is 13.8 Å². The Kier molecular flexibility index (Phi) is 3.72. The highest BCUT2D eigenvalue weighted by Gasteiger charge is 2.01. The molecule has 0 spiro atoms. The Labute approximate surface area is 88.6 Å². The van der Waals surface area contributed by atoms with E-state index < -0.39 is 0 Å². The summed E-state index contributed by atoms with van der Waals surface area (Å²) < 4.78 is 0. The molecular formula is C11H12ClNO. The number of allylic oxidation sites excluding steroid dienone is 1. The summed E-state index contributed by atoms with van der Waals surface area (Å²) in [5, 5.41) is 3.24. The van der Waals surface area contributed by atoms with Crippen molar-refractivity contribution in [3.8, 4) is 0 Å². The van der Waals surface area contributed by atoms with E-state index in [1.165, 1.54) is 6.08 Å². The first-order chi connectivity index (χ1) is 6.59. The first kappa shape index (κ1) is 10.8. The molecule has 0 aromatic heterocycles. The van der Waals surface area contributed by atoms with Gasteiger partial charge in [0.25, 0.3) is 0 Å². The van der Waals surface area contributed by atoms with E-state index >= 15 is 0 Å². The van der Waals surface area contributed by atoms with Crippen molar-refractivity contribution < 1.29 is 4.79 Å². The number of carbonyl (C=O) groups excluding carboxylic acids is 1. The number of rotatable bonds is 2. The second-order valence-corrected chi connectivity index (χ2v) is 3.60. The first-order valence-electron chi connectivity index (χ1n) is 4.30. The Morgan fingerprint density at radius 2 is 2.00 bits per heavy atom. The summed E-state index contributed by atoms with van der Waals surface area (Å²) in [6, 6.07) is 7.14. The van der Waals surface area contributed by atoms with Crippen molar-refractivity contribution in [3.05, 3.63) is 40.9 Å². The van der Waals surface area contributed by atoms with Gasteiger partial charge in [0.1, 0.15) is 0 Å². The third kappa shape index (κ3) is 3.23. The molecule has 1 rings (SSSR count). The molecule has 1 amide bonds. The zero-order chi connectivity index (χ0) is 10.6. The summed E-state index contributed by atoms with van der Waals surface area (Å²) in [7, 11) is 0. The predicted molar refractivity (Wildman–Crippen MR) is 59.5 cm³/mol. The van der Waals surface area contributed by atoms with E-state index in [0.29, 0.717) is 10.7 Å². The van der Waals surface area contributed by atoms with Crippen LogP contribution in [-0.4, -0.2) is 5.91 Å². The molecule has 74 valence electrons. The molecule has 0 heterocycles. The molecule has 0 atom stereocenters. The fraction of sp³-hybridized carbons (Fsp3) is 0.182. The lowest BCUT2D eigenvalue weighted by atomic mass is 10.3. The summed E-state index contributed by atoms with van der Waals surface area (Å²) in [4.78, 5) is 11.3. The Bertz CT molecular complexity index is 367. The predicted octanol–water partition coefficient (Wildman–Crippen LogP) is 3.24. The SMILES string of the molecule is CC(C)=CC(=O)Nc1ccccc1Cl. The number of benzene rings is 1. The average molecular weight is 210 g/mol. The van der Waals surface area contributed by atoms with Crippen molar-refractivity contribution in [2.75, 3.05) is 5.32 Å². The molecule has 0 aliphatic carbocycles. The van der Waals surface area contributed by atoms with Gasteiger partial charge in [-0.15, -0.1) is 0 Å². The fourth-order valence-electron chi connectivity index (χ4n) is 0.994. The molecular weight excluding hydrogens is 198 g/mol. The van der Waals surface area contributed by atoms with Crippen molar-refractivity contribution in [3.63, 3.8) is 0 Å². The van der Waals surface area contributed by atoms with Crippen LogP contribution in [0.1, 0.15) is 13.8 Å². The maximum atomic E-state index is 11.3. The van der Waals surface area contributed by atoms with Gasteiger partial charge in [-0.3, -0.25) is 4.79 Å². The molecule has 0 radical (unpaired) electrons. The molecule has 0 saturated carbocycles. The van der Waals surface area contributed by atoms with E-state index in [2.05, 4.69) is 5.32 Å². The Hall–Kier alpha value is -1.28. The third-order valence-corrected chi connectivity index (χ3v) is 1.88. The smallest absolute Gasteiger partial charge is 0.248 e. The molecule has 0 aliphatic rings. The van der Waals surface area contributed by atoms with Crippen LogP contribution in [0.4, 0.5) is 5.69 Å². The highest BCUT2D eigenvalue weighted by atomic mass is 35.5. The molecule has 0 saturated heterocycles. The lowest BCUT2D eigenvalue weighted by molar-refractivity contribution is -0.111. The van der Waals surface area contributed by atoms with E-state index in [0.717, 1.165) is 5.57 Å². The van der Waals surface area contributed by atoms with Gasteiger partial charge in [0.15, 0.2) is 0 Å². The van der Waals surface area contributed by atoms with Crippen molar-refractivity contribution in [2.24, 2.45) is 0 Å². The van der Waals surface area contributed by atoms with Crippen LogP contribution < -0.4 is 5.32 Å². The monoisotopic (exact) mass is 209 g/mol. The molecule has 3 heteroatoms. The maximum absolute atomic E-state index is 11.3. The number of halogens is 1. The molecule has 1 aromatic carbocycles. The lowest BCUT2D eigenvalue weighted by Crippen LogP contribution is -2.08. The van der Waals surface area contributed by atoms with Crippen LogP contribution in [0, 0.1) is 0 Å². The van der Waals surface area contributed by atoms with E-state index in [9.17, 15) is 4.79 Å². The number of anilines is 1. The number of hydrogen-bond acceptors (Lipinski definition) is 1. The largest absolute Gasteiger partial charge is 0.321 e. The molecule has 0 unspecified atom stereocenters. The van der Waals surface area contributed by atoms with Gasteiger partial charge >= 0.3 is 0 Å². The summed E-state index contributed by atoms with van der Waals surface area (Å²) in [6.45, 7) is 3.73. The Morgan fingerprint density at radius 1 is 1.36 bits per heavy atom. The van der Waals surface area contributed by atoms with Crippen LogP contribution in [0.25, 0.3) is 0 Å². The van der Waals surface area contributed by atoms with Crippen LogP contribution in [0.3, 0.4) is 0 Å². The average Bonchev–Trinajstić information content (AvgIpc) is 2.07. The molecule has 14 heavy (non-hydrogen) atoms. The number of nitrogens with one attached hydrogen (secondary N) is 1. The standard InChI is InChI=1S/C11H12ClNO/c1-8(2)7-11(14)13-10-6-4-3-5-9(10)12/h3-7H,1-2H3,(H,13,14). The Morgan fingerprint density at radius 3 is 2.57 bits per heavy atom. The minimum absolute atomic E-state index is 0.155. The normalized spacial score (nSPS) is 9.36. The second kappa shape index (κ2) is 4.82. The van der Waals surface area contributed by atoms with Gasteiger partial charge in [0, 0.05) is 6.08 Å². The molecule has 2 nitrogen and oxygen atoms in total. The number of para-hydroxylation sites is 1. The van der Waals surface area contributed by atoms with E-state index in [1.54, 1.807) is 12.1 Å². The molecule has 0 aliphatic heterocycles. The van der Waals surface area contributed by atoms with E-state index in [4.69, 9.17) is 11.6 Å². The third-order valence-electron chi connectivity index (χ3n) is 1.55. The molecule has 1 N–H and O–H groups in total. The van der Waals surface area contributed by atoms with Crippen LogP contribution in [-0.2, 0) is 4.79 Å². The van der Waals surface area contributed by atoms with Gasteiger partial charge in [-0.25, -0.2) is 0 Å². The van der Waals surface area contributed by atoms with Crippen molar-refractivity contribution in [1.29, 1.82) is 0 Å². The van der Waals surface area contributed by atoms with Gasteiger partial charge in [-0.2, -0.15) is 0 Å². The van der Waals surface area contributed by atoms with Crippen LogP contribution in [0.15, 0.2) is 35.9 Å². The molecule has 1 aromatic rings. The van der Waals surface area contributed by atoms with Crippen molar-refractivity contribution >= 4 is 23.2 Å². The van der Waals surface area contributed by atoms with Crippen LogP contribution in [0.2, 0.25) is 5.02 Å². The topological polar surface area (TPSA) is 29.1 Å². The first-order valence-corrected chi connectivity index (χ1v) is 4.68. The van der Waals surface area contributed by atoms with E-state index in [-0.39, 0.29) is 5.91 Å².